The Bertz CT molecular complexity index is 951. The molecule has 4 heteroatoms. The minimum absolute atomic E-state index is 0.526. The van der Waals surface area contributed by atoms with E-state index in [9.17, 15) is 0 Å². The molecule has 0 bridgehead atoms. The van der Waals surface area contributed by atoms with Crippen LogP contribution in [0, 0.1) is 6.92 Å². The molecule has 0 radical (unpaired) electrons. The van der Waals surface area contributed by atoms with E-state index in [1.165, 1.54) is 37.7 Å². The van der Waals surface area contributed by atoms with Crippen molar-refractivity contribution in [2.45, 2.75) is 45.1 Å². The Labute approximate surface area is 160 Å². The van der Waals surface area contributed by atoms with Gasteiger partial charge in [-0.15, -0.1) is 0 Å². The van der Waals surface area contributed by atoms with Crippen molar-refractivity contribution in [2.75, 3.05) is 12.4 Å². The van der Waals surface area contributed by atoms with Gasteiger partial charge in [0.2, 0.25) is 0 Å². The molecule has 0 atom stereocenters. The zero-order valence-electron chi connectivity index (χ0n) is 16.1. The molecule has 1 aromatic carbocycles. The summed E-state index contributed by atoms with van der Waals surface area (Å²) < 4.78 is 7.66. The number of pyridine rings is 1. The number of aromatic nitrogens is 2. The number of fused-ring (bicyclic) bond motifs is 1. The van der Waals surface area contributed by atoms with Gasteiger partial charge in [0.05, 0.1) is 7.11 Å². The number of para-hydroxylation sites is 1. The molecule has 3 aromatic rings. The topological polar surface area (TPSA) is 38.6 Å². The third-order valence-corrected chi connectivity index (χ3v) is 5.38. The Morgan fingerprint density at radius 1 is 1.07 bits per heavy atom. The smallest absolute Gasteiger partial charge is 0.142 e. The predicted molar refractivity (Wildman–Crippen MR) is 112 cm³/mol. The number of ether oxygens (including phenoxy) is 1. The molecule has 1 N–H and O–H groups in total. The average Bonchev–Trinajstić information content (AvgIpc) is 3.06. The van der Waals surface area contributed by atoms with Crippen LogP contribution in [-0.2, 0) is 0 Å². The van der Waals surface area contributed by atoms with Gasteiger partial charge in [-0.25, -0.2) is 4.98 Å². The minimum Gasteiger partial charge on any atom is -0.496 e. The molecule has 0 aliphatic heterocycles. The van der Waals surface area contributed by atoms with Crippen LogP contribution in [0.3, 0.4) is 0 Å². The lowest BCUT2D eigenvalue weighted by Crippen LogP contribution is -2.23. The van der Waals surface area contributed by atoms with Crippen LogP contribution in [0.25, 0.3) is 17.8 Å². The van der Waals surface area contributed by atoms with Gasteiger partial charge in [-0.1, -0.05) is 43.5 Å². The normalized spacial score (nSPS) is 15.5. The standard InChI is InChI=1S/C23H27N3O/c1-17-9-8-16-26-22(17)25-20(23(26)24-19-11-4-3-5-12-19)15-14-18-10-6-7-13-21(18)27-2/h6-10,13-16,19,24H,3-5,11-12H2,1-2H3. The van der Waals surface area contributed by atoms with Crippen LogP contribution < -0.4 is 10.1 Å². The Morgan fingerprint density at radius 3 is 2.70 bits per heavy atom. The number of imidazole rings is 1. The third kappa shape index (κ3) is 3.70. The number of nitrogens with zero attached hydrogens (tertiary/aromatic N) is 2. The second-order valence-corrected chi connectivity index (χ2v) is 7.29. The third-order valence-electron chi connectivity index (χ3n) is 5.38. The van der Waals surface area contributed by atoms with Crippen molar-refractivity contribution >= 4 is 23.6 Å². The molecular weight excluding hydrogens is 334 g/mol. The average molecular weight is 361 g/mol. The van der Waals surface area contributed by atoms with Crippen molar-refractivity contribution in [1.29, 1.82) is 0 Å². The first-order chi connectivity index (χ1) is 13.3. The van der Waals surface area contributed by atoms with E-state index < -0.39 is 0 Å². The van der Waals surface area contributed by atoms with Gasteiger partial charge in [-0.3, -0.25) is 4.40 Å². The molecule has 1 aliphatic rings. The highest BCUT2D eigenvalue weighted by atomic mass is 16.5. The summed E-state index contributed by atoms with van der Waals surface area (Å²) in [5.41, 5.74) is 4.22. The molecule has 0 amide bonds. The van der Waals surface area contributed by atoms with Crippen molar-refractivity contribution in [3.63, 3.8) is 0 Å². The maximum absolute atomic E-state index is 5.47. The van der Waals surface area contributed by atoms with Gasteiger partial charge in [0.1, 0.15) is 22.9 Å². The summed E-state index contributed by atoms with van der Waals surface area (Å²) in [6.45, 7) is 2.11. The van der Waals surface area contributed by atoms with Crippen LogP contribution in [0.1, 0.15) is 48.9 Å². The lowest BCUT2D eigenvalue weighted by molar-refractivity contribution is 0.414. The van der Waals surface area contributed by atoms with Gasteiger partial charge in [-0.05, 0) is 49.6 Å². The molecule has 27 heavy (non-hydrogen) atoms. The molecule has 1 aliphatic carbocycles. The van der Waals surface area contributed by atoms with E-state index in [4.69, 9.17) is 9.72 Å². The maximum Gasteiger partial charge on any atom is 0.142 e. The molecular formula is C23H27N3O. The Balaban J connectivity index is 1.73. The Hall–Kier alpha value is -2.75. The fourth-order valence-electron chi connectivity index (χ4n) is 3.89. The van der Waals surface area contributed by atoms with Gasteiger partial charge in [0.25, 0.3) is 0 Å². The molecule has 1 fully saturated rings. The molecule has 140 valence electrons. The molecule has 0 spiro atoms. The van der Waals surface area contributed by atoms with E-state index >= 15 is 0 Å². The fraction of sp³-hybridized carbons (Fsp3) is 0.348. The number of anilines is 1. The zero-order valence-corrected chi connectivity index (χ0v) is 16.1. The van der Waals surface area contributed by atoms with Gasteiger partial charge in [0, 0.05) is 17.8 Å². The van der Waals surface area contributed by atoms with Crippen LogP contribution in [-0.4, -0.2) is 22.5 Å². The molecule has 4 nitrogen and oxygen atoms in total. The second kappa shape index (κ2) is 7.87. The molecule has 1 saturated carbocycles. The summed E-state index contributed by atoms with van der Waals surface area (Å²) >= 11 is 0. The predicted octanol–water partition coefficient (Wildman–Crippen LogP) is 5.57. The molecule has 4 rings (SSSR count). The molecule has 2 heterocycles. The largest absolute Gasteiger partial charge is 0.496 e. The van der Waals surface area contributed by atoms with E-state index in [2.05, 4.69) is 53.2 Å². The summed E-state index contributed by atoms with van der Waals surface area (Å²) in [4.78, 5) is 4.92. The van der Waals surface area contributed by atoms with E-state index in [-0.39, 0.29) is 0 Å². The Kier molecular flexibility index (Phi) is 5.14. The van der Waals surface area contributed by atoms with Crippen LogP contribution in [0.15, 0.2) is 42.6 Å². The van der Waals surface area contributed by atoms with Crippen LogP contribution >= 0.6 is 0 Å². The van der Waals surface area contributed by atoms with Crippen molar-refractivity contribution in [2.24, 2.45) is 0 Å². The molecule has 2 aromatic heterocycles. The lowest BCUT2D eigenvalue weighted by Gasteiger charge is -2.23. The van der Waals surface area contributed by atoms with Gasteiger partial charge in [-0.2, -0.15) is 0 Å². The van der Waals surface area contributed by atoms with Gasteiger partial charge in [0.15, 0.2) is 0 Å². The highest BCUT2D eigenvalue weighted by Crippen LogP contribution is 2.28. The van der Waals surface area contributed by atoms with Crippen molar-refractivity contribution < 1.29 is 4.74 Å². The molecule has 0 unspecified atom stereocenters. The lowest BCUT2D eigenvalue weighted by atomic mass is 9.95. The number of rotatable bonds is 5. The molecule has 0 saturated heterocycles. The van der Waals surface area contributed by atoms with Crippen molar-refractivity contribution in [3.05, 3.63) is 59.4 Å². The monoisotopic (exact) mass is 361 g/mol. The number of methoxy groups -OCH3 is 1. The van der Waals surface area contributed by atoms with E-state index in [1.807, 2.05) is 18.2 Å². The number of hydrogen-bond acceptors (Lipinski definition) is 3. The minimum atomic E-state index is 0.526. The number of hydrogen-bond donors (Lipinski definition) is 1. The summed E-state index contributed by atoms with van der Waals surface area (Å²) in [7, 11) is 1.71. The first kappa shape index (κ1) is 17.7. The SMILES string of the molecule is COc1ccccc1C=Cc1nc2c(C)cccn2c1NC1CCCCC1. The van der Waals surface area contributed by atoms with E-state index in [1.54, 1.807) is 7.11 Å². The summed E-state index contributed by atoms with van der Waals surface area (Å²) in [6.07, 6.45) is 12.7. The summed E-state index contributed by atoms with van der Waals surface area (Å²) in [5.74, 6) is 1.96. The summed E-state index contributed by atoms with van der Waals surface area (Å²) in [6, 6.07) is 12.8. The van der Waals surface area contributed by atoms with Crippen LogP contribution in [0.2, 0.25) is 0 Å². The van der Waals surface area contributed by atoms with E-state index in [0.717, 1.165) is 28.5 Å². The maximum atomic E-state index is 5.47. The Morgan fingerprint density at radius 2 is 1.89 bits per heavy atom. The first-order valence-corrected chi connectivity index (χ1v) is 9.81. The second-order valence-electron chi connectivity index (χ2n) is 7.29. The fourth-order valence-corrected chi connectivity index (χ4v) is 3.89. The van der Waals surface area contributed by atoms with Crippen molar-refractivity contribution in [1.82, 2.24) is 9.38 Å². The van der Waals surface area contributed by atoms with Crippen molar-refractivity contribution in [3.8, 4) is 5.75 Å². The van der Waals surface area contributed by atoms with Crippen LogP contribution in [0.4, 0.5) is 5.82 Å². The highest BCUT2D eigenvalue weighted by molar-refractivity contribution is 5.78. The first-order valence-electron chi connectivity index (χ1n) is 9.81. The van der Waals surface area contributed by atoms with E-state index in [0.29, 0.717) is 6.04 Å². The number of aryl methyl sites for hydroxylation is 1. The zero-order chi connectivity index (χ0) is 18.6. The number of nitrogens with one attached hydrogen (secondary N) is 1. The number of benzene rings is 1. The summed E-state index contributed by atoms with van der Waals surface area (Å²) in [5, 5.41) is 3.78. The van der Waals surface area contributed by atoms with Crippen LogP contribution in [0.5, 0.6) is 5.75 Å². The van der Waals surface area contributed by atoms with Gasteiger partial charge >= 0.3 is 0 Å². The quantitative estimate of drug-likeness (QED) is 0.646. The van der Waals surface area contributed by atoms with Gasteiger partial charge < -0.3 is 10.1 Å². The highest BCUT2D eigenvalue weighted by Gasteiger charge is 2.18.